The molecule has 3 heterocycles. The van der Waals surface area contributed by atoms with Crippen LogP contribution in [0.15, 0.2) is 54.2 Å². The molecule has 0 unspecified atom stereocenters. The topological polar surface area (TPSA) is 88.9 Å². The van der Waals surface area contributed by atoms with E-state index in [1.54, 1.807) is 29.2 Å². The molecule has 0 bridgehead atoms. The van der Waals surface area contributed by atoms with Crippen molar-refractivity contribution >= 4 is 29.0 Å². The number of hydrogen-bond acceptors (Lipinski definition) is 5. The number of nitrogens with one attached hydrogen (secondary N) is 2. The Morgan fingerprint density at radius 2 is 2.08 bits per heavy atom. The maximum atomic E-state index is 12.0. The van der Waals surface area contributed by atoms with Gasteiger partial charge in [-0.15, -0.1) is 11.3 Å². The summed E-state index contributed by atoms with van der Waals surface area (Å²) >= 11 is 1.39. The Hall–Kier alpha value is -3.00. The highest BCUT2D eigenvalue weighted by molar-refractivity contribution is 7.12. The molecule has 0 spiro atoms. The van der Waals surface area contributed by atoms with E-state index >= 15 is 0 Å². The Balaban J connectivity index is 1.38. The van der Waals surface area contributed by atoms with Crippen molar-refractivity contribution in [2.24, 2.45) is 0 Å². The van der Waals surface area contributed by atoms with Gasteiger partial charge in [-0.3, -0.25) is 19.3 Å². The van der Waals surface area contributed by atoms with Crippen LogP contribution in [-0.4, -0.2) is 33.1 Å². The van der Waals surface area contributed by atoms with Crippen LogP contribution in [-0.2, 0) is 11.3 Å². The van der Waals surface area contributed by atoms with E-state index in [0.717, 1.165) is 5.69 Å². The van der Waals surface area contributed by atoms with Crippen LogP contribution in [0.4, 0.5) is 5.82 Å². The van der Waals surface area contributed by atoms with Gasteiger partial charge in [0.1, 0.15) is 0 Å². The maximum absolute atomic E-state index is 12.0. The molecule has 26 heavy (non-hydrogen) atoms. The number of aromatic nitrogens is 3. The van der Waals surface area contributed by atoms with Crippen molar-refractivity contribution < 1.29 is 9.59 Å². The van der Waals surface area contributed by atoms with E-state index in [4.69, 9.17) is 0 Å². The van der Waals surface area contributed by atoms with Gasteiger partial charge in [-0.25, -0.2) is 0 Å². The molecular weight excluding hydrogens is 350 g/mol. The first-order valence-corrected chi connectivity index (χ1v) is 9.13. The molecule has 0 aliphatic carbocycles. The first-order chi connectivity index (χ1) is 12.7. The molecular formula is C18H19N5O2S. The van der Waals surface area contributed by atoms with E-state index in [1.807, 2.05) is 29.6 Å². The van der Waals surface area contributed by atoms with E-state index in [-0.39, 0.29) is 11.8 Å². The first-order valence-electron chi connectivity index (χ1n) is 8.25. The number of hydrogen-bond donors (Lipinski definition) is 2. The number of amides is 2. The molecule has 134 valence electrons. The molecule has 0 radical (unpaired) electrons. The van der Waals surface area contributed by atoms with Gasteiger partial charge in [-0.1, -0.05) is 12.1 Å². The van der Waals surface area contributed by atoms with Crippen LogP contribution in [0.2, 0.25) is 0 Å². The van der Waals surface area contributed by atoms with E-state index < -0.39 is 0 Å². The number of anilines is 1. The van der Waals surface area contributed by atoms with Crippen molar-refractivity contribution in [2.75, 3.05) is 11.9 Å². The Morgan fingerprint density at radius 1 is 1.15 bits per heavy atom. The molecule has 3 aromatic rings. The number of pyridine rings is 1. The second-order valence-electron chi connectivity index (χ2n) is 5.60. The Morgan fingerprint density at radius 3 is 2.85 bits per heavy atom. The van der Waals surface area contributed by atoms with Crippen molar-refractivity contribution in [3.05, 3.63) is 64.7 Å². The molecule has 0 fully saturated rings. The van der Waals surface area contributed by atoms with Gasteiger partial charge in [0.2, 0.25) is 5.91 Å². The van der Waals surface area contributed by atoms with Crippen LogP contribution in [0.3, 0.4) is 0 Å². The lowest BCUT2D eigenvalue weighted by atomic mass is 10.3. The predicted octanol–water partition coefficient (Wildman–Crippen LogP) is 2.54. The minimum atomic E-state index is -0.126. The molecule has 3 rings (SSSR count). The normalized spacial score (nSPS) is 10.5. The average molecular weight is 369 g/mol. The summed E-state index contributed by atoms with van der Waals surface area (Å²) in [5.41, 5.74) is 0.898. The molecule has 0 saturated heterocycles. The zero-order valence-corrected chi connectivity index (χ0v) is 14.9. The van der Waals surface area contributed by atoms with Gasteiger partial charge in [-0.05, 0) is 30.0 Å². The summed E-state index contributed by atoms with van der Waals surface area (Å²) in [6.07, 6.45) is 4.42. The van der Waals surface area contributed by atoms with Crippen molar-refractivity contribution in [1.82, 2.24) is 20.1 Å². The van der Waals surface area contributed by atoms with Gasteiger partial charge in [0.25, 0.3) is 5.91 Å². The Kier molecular flexibility index (Phi) is 6.10. The minimum Gasteiger partial charge on any atom is -0.351 e. The number of rotatable bonds is 8. The Bertz CT molecular complexity index is 846. The number of nitrogens with zero attached hydrogens (tertiary/aromatic N) is 3. The second kappa shape index (κ2) is 8.91. The highest BCUT2D eigenvalue weighted by Gasteiger charge is 2.08. The first kappa shape index (κ1) is 17.8. The molecule has 8 heteroatoms. The summed E-state index contributed by atoms with van der Waals surface area (Å²) in [6, 6.07) is 11.1. The maximum Gasteiger partial charge on any atom is 0.261 e. The van der Waals surface area contributed by atoms with Crippen LogP contribution < -0.4 is 10.6 Å². The number of thiophene rings is 1. The summed E-state index contributed by atoms with van der Waals surface area (Å²) in [6.45, 7) is 1.00. The van der Waals surface area contributed by atoms with Crippen LogP contribution in [0, 0.1) is 0 Å². The third-order valence-electron chi connectivity index (χ3n) is 3.57. The van der Waals surface area contributed by atoms with Crippen LogP contribution in [0.1, 0.15) is 28.2 Å². The van der Waals surface area contributed by atoms with Gasteiger partial charge in [-0.2, -0.15) is 5.10 Å². The van der Waals surface area contributed by atoms with Crippen molar-refractivity contribution in [2.45, 2.75) is 19.4 Å². The minimum absolute atomic E-state index is 0.103. The third-order valence-corrected chi connectivity index (χ3v) is 4.44. The lowest BCUT2D eigenvalue weighted by Gasteiger charge is -2.04. The van der Waals surface area contributed by atoms with Crippen molar-refractivity contribution in [1.29, 1.82) is 0 Å². The van der Waals surface area contributed by atoms with Gasteiger partial charge in [0.05, 0.1) is 17.1 Å². The number of carbonyl (C=O) groups is 2. The van der Waals surface area contributed by atoms with Crippen LogP contribution in [0.5, 0.6) is 0 Å². The summed E-state index contributed by atoms with van der Waals surface area (Å²) in [7, 11) is 0. The summed E-state index contributed by atoms with van der Waals surface area (Å²) < 4.78 is 1.72. The van der Waals surface area contributed by atoms with Gasteiger partial charge in [0.15, 0.2) is 5.82 Å². The van der Waals surface area contributed by atoms with Crippen LogP contribution in [0.25, 0.3) is 0 Å². The summed E-state index contributed by atoms with van der Waals surface area (Å²) in [4.78, 5) is 28.7. The van der Waals surface area contributed by atoms with Gasteiger partial charge in [0, 0.05) is 31.4 Å². The molecule has 0 aromatic carbocycles. The lowest BCUT2D eigenvalue weighted by Crippen LogP contribution is -2.24. The largest absolute Gasteiger partial charge is 0.351 e. The third kappa shape index (κ3) is 5.25. The van der Waals surface area contributed by atoms with E-state index in [1.165, 1.54) is 11.3 Å². The fraction of sp³-hybridized carbons (Fsp3) is 0.222. The van der Waals surface area contributed by atoms with E-state index in [2.05, 4.69) is 20.7 Å². The monoisotopic (exact) mass is 369 g/mol. The lowest BCUT2D eigenvalue weighted by molar-refractivity contribution is -0.116. The second-order valence-corrected chi connectivity index (χ2v) is 6.55. The van der Waals surface area contributed by atoms with Crippen LogP contribution >= 0.6 is 11.3 Å². The highest BCUT2D eigenvalue weighted by Crippen LogP contribution is 2.08. The highest BCUT2D eigenvalue weighted by atomic mass is 32.1. The average Bonchev–Trinajstić information content (AvgIpc) is 3.32. The standard InChI is InChI=1S/C18H19N5O2S/c24-17(7-3-10-20-18(25)15-6-4-12-26-15)21-16-8-11-23(22-16)13-14-5-1-2-9-19-14/h1-2,4-6,8-9,11-12H,3,7,10,13H2,(H,20,25)(H,21,22,24). The van der Waals surface area contributed by atoms with Gasteiger partial charge < -0.3 is 10.6 Å². The van der Waals surface area contributed by atoms with E-state index in [9.17, 15) is 9.59 Å². The van der Waals surface area contributed by atoms with E-state index in [0.29, 0.717) is 36.6 Å². The Labute approximate surface area is 155 Å². The summed E-state index contributed by atoms with van der Waals surface area (Å²) in [5, 5.41) is 11.7. The van der Waals surface area contributed by atoms with Gasteiger partial charge >= 0.3 is 0 Å². The molecule has 3 aromatic heterocycles. The smallest absolute Gasteiger partial charge is 0.261 e. The predicted molar refractivity (Wildman–Crippen MR) is 100 cm³/mol. The molecule has 0 atom stereocenters. The van der Waals surface area contributed by atoms with Crippen molar-refractivity contribution in [3.8, 4) is 0 Å². The fourth-order valence-electron chi connectivity index (χ4n) is 2.33. The zero-order valence-electron chi connectivity index (χ0n) is 14.1. The molecule has 0 saturated carbocycles. The molecule has 2 amide bonds. The zero-order chi connectivity index (χ0) is 18.2. The molecule has 0 aliphatic heterocycles. The number of carbonyl (C=O) groups excluding carboxylic acids is 2. The molecule has 2 N–H and O–H groups in total. The fourth-order valence-corrected chi connectivity index (χ4v) is 2.97. The summed E-state index contributed by atoms with van der Waals surface area (Å²) in [5.74, 6) is 0.278. The van der Waals surface area contributed by atoms with Crippen molar-refractivity contribution in [3.63, 3.8) is 0 Å². The molecule has 0 aliphatic rings. The quantitative estimate of drug-likeness (QED) is 0.597. The molecule has 7 nitrogen and oxygen atoms in total. The SMILES string of the molecule is O=C(CCCNC(=O)c1cccs1)Nc1ccn(Cc2ccccn2)n1.